The van der Waals surface area contributed by atoms with Crippen molar-refractivity contribution in [1.29, 1.82) is 0 Å². The number of benzene rings is 1. The van der Waals surface area contributed by atoms with E-state index in [1.165, 1.54) is 45.3 Å². The van der Waals surface area contributed by atoms with Crippen LogP contribution < -0.4 is 14.8 Å². The van der Waals surface area contributed by atoms with Crippen LogP contribution in [-0.4, -0.2) is 45.3 Å². The fourth-order valence-electron chi connectivity index (χ4n) is 2.90. The van der Waals surface area contributed by atoms with Crippen LogP contribution in [0.4, 0.5) is 0 Å². The number of hydrogen-bond acceptors (Lipinski definition) is 4. The summed E-state index contributed by atoms with van der Waals surface area (Å²) in [6, 6.07) is 3.89. The molecule has 22 heavy (non-hydrogen) atoms. The Balaban J connectivity index is 1.74. The Labute approximate surface area is 138 Å². The molecule has 0 amide bonds. The lowest BCUT2D eigenvalue weighted by Crippen LogP contribution is -2.32. The van der Waals surface area contributed by atoms with Crippen LogP contribution in [0.3, 0.4) is 0 Å². The molecule has 0 spiro atoms. The smallest absolute Gasteiger partial charge is 0.179 e. The van der Waals surface area contributed by atoms with Gasteiger partial charge in [0.1, 0.15) is 0 Å². The van der Waals surface area contributed by atoms with E-state index in [1.54, 1.807) is 14.2 Å². The number of halogens is 1. The molecule has 0 aromatic heterocycles. The van der Waals surface area contributed by atoms with E-state index in [-0.39, 0.29) is 0 Å². The first-order valence-electron chi connectivity index (χ1n) is 8.08. The van der Waals surface area contributed by atoms with Gasteiger partial charge in [-0.1, -0.05) is 24.1 Å². The van der Waals surface area contributed by atoms with E-state index >= 15 is 0 Å². The van der Waals surface area contributed by atoms with Crippen LogP contribution in [-0.2, 0) is 6.54 Å². The van der Waals surface area contributed by atoms with Gasteiger partial charge in [0.15, 0.2) is 11.5 Å². The number of nitrogens with one attached hydrogen (secondary N) is 1. The first kappa shape index (κ1) is 17.4. The van der Waals surface area contributed by atoms with Gasteiger partial charge in [0.2, 0.25) is 0 Å². The Morgan fingerprint density at radius 2 is 1.91 bits per heavy atom. The van der Waals surface area contributed by atoms with Gasteiger partial charge in [-0.3, -0.25) is 0 Å². The summed E-state index contributed by atoms with van der Waals surface area (Å²) in [4.78, 5) is 2.56. The van der Waals surface area contributed by atoms with Gasteiger partial charge < -0.3 is 19.7 Å². The standard InChI is InChI=1S/C17H27ClN2O2/c1-21-15-8-7-14(16(18)17(15)22-2)13-19-9-6-12-20-10-4-3-5-11-20/h7-8,19H,3-6,9-13H2,1-2H3. The summed E-state index contributed by atoms with van der Waals surface area (Å²) < 4.78 is 10.6. The largest absolute Gasteiger partial charge is 0.493 e. The molecule has 1 heterocycles. The van der Waals surface area contributed by atoms with Crippen molar-refractivity contribution in [3.63, 3.8) is 0 Å². The molecule has 0 bridgehead atoms. The van der Waals surface area contributed by atoms with Gasteiger partial charge in [-0.25, -0.2) is 0 Å². The predicted molar refractivity (Wildman–Crippen MR) is 91.2 cm³/mol. The van der Waals surface area contributed by atoms with Crippen LogP contribution in [0.15, 0.2) is 12.1 Å². The lowest BCUT2D eigenvalue weighted by atomic mass is 10.1. The minimum Gasteiger partial charge on any atom is -0.493 e. The average Bonchev–Trinajstić information content (AvgIpc) is 2.56. The Morgan fingerprint density at radius 3 is 2.59 bits per heavy atom. The monoisotopic (exact) mass is 326 g/mol. The van der Waals surface area contributed by atoms with E-state index in [0.717, 1.165) is 18.7 Å². The third-order valence-electron chi connectivity index (χ3n) is 4.16. The molecule has 1 aromatic carbocycles. The Kier molecular flexibility index (Phi) is 7.30. The second-order valence-electron chi connectivity index (χ2n) is 5.71. The van der Waals surface area contributed by atoms with E-state index in [1.807, 2.05) is 12.1 Å². The molecular formula is C17H27ClN2O2. The van der Waals surface area contributed by atoms with Gasteiger partial charge in [0, 0.05) is 6.54 Å². The molecule has 124 valence electrons. The number of methoxy groups -OCH3 is 2. The van der Waals surface area contributed by atoms with Gasteiger partial charge >= 0.3 is 0 Å². The SMILES string of the molecule is COc1ccc(CNCCCN2CCCCC2)c(Cl)c1OC. The highest BCUT2D eigenvalue weighted by Crippen LogP contribution is 2.37. The van der Waals surface area contributed by atoms with Crippen molar-refractivity contribution in [1.82, 2.24) is 10.2 Å². The van der Waals surface area contributed by atoms with Crippen LogP contribution in [0.25, 0.3) is 0 Å². The maximum Gasteiger partial charge on any atom is 0.179 e. The minimum absolute atomic E-state index is 0.608. The van der Waals surface area contributed by atoms with E-state index < -0.39 is 0 Å². The lowest BCUT2D eigenvalue weighted by molar-refractivity contribution is 0.225. The first-order valence-corrected chi connectivity index (χ1v) is 8.46. The molecule has 1 aliphatic heterocycles. The molecular weight excluding hydrogens is 300 g/mol. The van der Waals surface area contributed by atoms with Crippen LogP contribution in [0.5, 0.6) is 11.5 Å². The number of likely N-dealkylation sites (tertiary alicyclic amines) is 1. The molecule has 0 radical (unpaired) electrons. The molecule has 0 saturated carbocycles. The molecule has 0 atom stereocenters. The molecule has 1 fully saturated rings. The van der Waals surface area contributed by atoms with Crippen molar-refractivity contribution in [2.75, 3.05) is 40.4 Å². The molecule has 1 N–H and O–H groups in total. The summed E-state index contributed by atoms with van der Waals surface area (Å²) in [5.41, 5.74) is 1.04. The Morgan fingerprint density at radius 1 is 1.14 bits per heavy atom. The summed E-state index contributed by atoms with van der Waals surface area (Å²) in [6.45, 7) is 5.47. The molecule has 2 rings (SSSR count). The highest BCUT2D eigenvalue weighted by Gasteiger charge is 2.13. The number of nitrogens with zero attached hydrogens (tertiary/aromatic N) is 1. The summed E-state index contributed by atoms with van der Waals surface area (Å²) >= 11 is 6.37. The van der Waals surface area contributed by atoms with Crippen LogP contribution in [0, 0.1) is 0 Å². The summed E-state index contributed by atoms with van der Waals surface area (Å²) in [5, 5.41) is 4.09. The first-order chi connectivity index (χ1) is 10.8. The van der Waals surface area contributed by atoms with E-state index in [4.69, 9.17) is 21.1 Å². The van der Waals surface area contributed by atoms with E-state index in [9.17, 15) is 0 Å². The molecule has 4 nitrogen and oxygen atoms in total. The zero-order chi connectivity index (χ0) is 15.8. The van der Waals surface area contributed by atoms with Crippen molar-refractivity contribution in [2.24, 2.45) is 0 Å². The minimum atomic E-state index is 0.608. The van der Waals surface area contributed by atoms with E-state index in [2.05, 4.69) is 10.2 Å². The highest BCUT2D eigenvalue weighted by molar-refractivity contribution is 6.33. The summed E-state index contributed by atoms with van der Waals surface area (Å²) in [5.74, 6) is 1.28. The zero-order valence-electron chi connectivity index (χ0n) is 13.7. The van der Waals surface area contributed by atoms with Gasteiger partial charge in [0.05, 0.1) is 19.2 Å². The molecule has 1 aromatic rings. The quantitative estimate of drug-likeness (QED) is 0.743. The molecule has 1 aliphatic rings. The third-order valence-corrected chi connectivity index (χ3v) is 4.57. The molecule has 0 aliphatic carbocycles. The number of hydrogen-bond donors (Lipinski definition) is 1. The zero-order valence-corrected chi connectivity index (χ0v) is 14.4. The average molecular weight is 327 g/mol. The Bertz CT molecular complexity index is 462. The second-order valence-corrected chi connectivity index (χ2v) is 6.08. The highest BCUT2D eigenvalue weighted by atomic mass is 35.5. The van der Waals surface area contributed by atoms with Crippen LogP contribution >= 0.6 is 11.6 Å². The second kappa shape index (κ2) is 9.23. The van der Waals surface area contributed by atoms with Crippen molar-refractivity contribution in [2.45, 2.75) is 32.2 Å². The van der Waals surface area contributed by atoms with Gasteiger partial charge in [-0.2, -0.15) is 0 Å². The van der Waals surface area contributed by atoms with Crippen molar-refractivity contribution in [3.05, 3.63) is 22.7 Å². The van der Waals surface area contributed by atoms with Crippen LogP contribution in [0.2, 0.25) is 5.02 Å². The summed E-state index contributed by atoms with van der Waals surface area (Å²) in [7, 11) is 3.23. The molecule has 0 unspecified atom stereocenters. The fraction of sp³-hybridized carbons (Fsp3) is 0.647. The number of rotatable bonds is 8. The Hall–Kier alpha value is -0.970. The van der Waals surface area contributed by atoms with Gasteiger partial charge in [0.25, 0.3) is 0 Å². The third kappa shape index (κ3) is 4.77. The maximum atomic E-state index is 6.37. The summed E-state index contributed by atoms with van der Waals surface area (Å²) in [6.07, 6.45) is 5.28. The number of ether oxygens (including phenoxy) is 2. The van der Waals surface area contributed by atoms with E-state index in [0.29, 0.717) is 16.5 Å². The van der Waals surface area contributed by atoms with Crippen LogP contribution in [0.1, 0.15) is 31.2 Å². The maximum absolute atomic E-state index is 6.37. The van der Waals surface area contributed by atoms with Crippen molar-refractivity contribution in [3.8, 4) is 11.5 Å². The predicted octanol–water partition coefficient (Wildman–Crippen LogP) is 3.32. The normalized spacial score (nSPS) is 15.8. The topological polar surface area (TPSA) is 33.7 Å². The fourth-order valence-corrected chi connectivity index (χ4v) is 3.20. The molecule has 1 saturated heterocycles. The van der Waals surface area contributed by atoms with Gasteiger partial charge in [-0.15, -0.1) is 0 Å². The van der Waals surface area contributed by atoms with Crippen molar-refractivity contribution < 1.29 is 9.47 Å². The molecule has 5 heteroatoms. The van der Waals surface area contributed by atoms with Crippen molar-refractivity contribution >= 4 is 11.6 Å². The van der Waals surface area contributed by atoms with Gasteiger partial charge in [-0.05, 0) is 57.1 Å². The number of piperidine rings is 1. The lowest BCUT2D eigenvalue weighted by Gasteiger charge is -2.26.